The van der Waals surface area contributed by atoms with E-state index in [1.807, 2.05) is 23.1 Å². The Kier molecular flexibility index (Phi) is 9.07. The highest BCUT2D eigenvalue weighted by atomic mass is 19.4. The maximum Gasteiger partial charge on any atom is 0.490 e. The lowest BCUT2D eigenvalue weighted by molar-refractivity contribution is -0.193. The predicted octanol–water partition coefficient (Wildman–Crippen LogP) is 3.29. The quantitative estimate of drug-likeness (QED) is 0.586. The SMILES string of the molecule is O=C(O)C(F)(F)F.O=C(O)C(F)(F)F.O=C(c1cccnc1)N1CCC2(CN(Cc3ccoc3)C2)C1. The van der Waals surface area contributed by atoms with Crippen LogP contribution in [0.1, 0.15) is 22.3 Å². The van der Waals surface area contributed by atoms with Crippen LogP contribution in [0, 0.1) is 5.41 Å². The van der Waals surface area contributed by atoms with Crippen molar-refractivity contribution in [3.63, 3.8) is 0 Å². The zero-order chi connectivity index (χ0) is 27.1. The van der Waals surface area contributed by atoms with E-state index in [1.165, 1.54) is 5.56 Å². The highest BCUT2D eigenvalue weighted by Gasteiger charge is 2.48. The number of alkyl halides is 6. The van der Waals surface area contributed by atoms with Crippen LogP contribution in [0.2, 0.25) is 0 Å². The summed E-state index contributed by atoms with van der Waals surface area (Å²) in [6.45, 7) is 4.79. The second-order valence-corrected chi connectivity index (χ2v) is 8.10. The summed E-state index contributed by atoms with van der Waals surface area (Å²) >= 11 is 0. The van der Waals surface area contributed by atoms with Gasteiger partial charge in [0.1, 0.15) is 0 Å². The number of furan rings is 1. The molecule has 0 unspecified atom stereocenters. The topological polar surface area (TPSA) is 124 Å². The van der Waals surface area contributed by atoms with E-state index in [0.717, 1.165) is 39.1 Å². The van der Waals surface area contributed by atoms with E-state index in [2.05, 4.69) is 9.88 Å². The molecule has 9 nitrogen and oxygen atoms in total. The number of nitrogens with zero attached hydrogens (tertiary/aromatic N) is 3. The number of aliphatic carboxylic acids is 2. The number of aromatic nitrogens is 1. The van der Waals surface area contributed by atoms with Gasteiger partial charge >= 0.3 is 24.3 Å². The zero-order valence-electron chi connectivity index (χ0n) is 18.4. The van der Waals surface area contributed by atoms with Gasteiger partial charge in [0.2, 0.25) is 0 Å². The molecule has 2 aromatic rings. The van der Waals surface area contributed by atoms with Crippen molar-refractivity contribution < 1.29 is 55.4 Å². The minimum absolute atomic E-state index is 0.109. The zero-order valence-corrected chi connectivity index (χ0v) is 18.4. The van der Waals surface area contributed by atoms with Gasteiger partial charge < -0.3 is 19.5 Å². The number of carbonyl (C=O) groups is 3. The Labute approximate surface area is 199 Å². The number of halogens is 6. The Bertz CT molecular complexity index is 997. The lowest BCUT2D eigenvalue weighted by Gasteiger charge is -2.48. The van der Waals surface area contributed by atoms with Crippen molar-refractivity contribution in [1.29, 1.82) is 0 Å². The molecule has 0 bridgehead atoms. The molecule has 4 rings (SSSR count). The molecule has 0 atom stereocenters. The monoisotopic (exact) mass is 525 g/mol. The Morgan fingerprint density at radius 3 is 2.03 bits per heavy atom. The summed E-state index contributed by atoms with van der Waals surface area (Å²) in [4.78, 5) is 38.7. The molecule has 2 N–H and O–H groups in total. The van der Waals surface area contributed by atoms with E-state index in [-0.39, 0.29) is 5.91 Å². The molecule has 1 amide bonds. The third-order valence-electron chi connectivity index (χ3n) is 5.22. The summed E-state index contributed by atoms with van der Waals surface area (Å²) in [5, 5.41) is 14.2. The van der Waals surface area contributed by atoms with Gasteiger partial charge in [0, 0.05) is 56.1 Å². The van der Waals surface area contributed by atoms with Gasteiger partial charge in [-0.3, -0.25) is 14.7 Å². The molecule has 1 spiro atoms. The Morgan fingerprint density at radius 1 is 1.00 bits per heavy atom. The van der Waals surface area contributed by atoms with E-state index in [0.29, 0.717) is 11.0 Å². The summed E-state index contributed by atoms with van der Waals surface area (Å²) in [5.74, 6) is -5.40. The average Bonchev–Trinajstić information content (AvgIpc) is 3.44. The first kappa shape index (κ1) is 28.6. The molecule has 2 aromatic heterocycles. The van der Waals surface area contributed by atoms with Gasteiger partial charge in [-0.25, -0.2) is 9.59 Å². The lowest BCUT2D eigenvalue weighted by atomic mass is 9.79. The largest absolute Gasteiger partial charge is 0.490 e. The van der Waals surface area contributed by atoms with E-state index >= 15 is 0 Å². The van der Waals surface area contributed by atoms with Gasteiger partial charge in [0.15, 0.2) is 0 Å². The van der Waals surface area contributed by atoms with Crippen LogP contribution in [-0.4, -0.2) is 81.4 Å². The van der Waals surface area contributed by atoms with E-state index in [9.17, 15) is 31.1 Å². The predicted molar refractivity (Wildman–Crippen MR) is 109 cm³/mol. The molecule has 198 valence electrons. The molecule has 2 saturated heterocycles. The van der Waals surface area contributed by atoms with Gasteiger partial charge in [-0.05, 0) is 24.6 Å². The van der Waals surface area contributed by atoms with Crippen molar-refractivity contribution in [2.75, 3.05) is 26.2 Å². The number of amides is 1. The van der Waals surface area contributed by atoms with E-state index in [1.54, 1.807) is 24.9 Å². The molecule has 0 radical (unpaired) electrons. The number of pyridine rings is 1. The number of carbonyl (C=O) groups excluding carboxylic acids is 1. The average molecular weight is 525 g/mol. The molecule has 0 aliphatic carbocycles. The molecule has 2 aliphatic rings. The standard InChI is InChI=1S/C17H19N3O2.2C2HF3O2/c21-16(15-2-1-5-18-8-15)20-6-4-17(13-20)11-19(12-17)9-14-3-7-22-10-14;2*3-2(4,5)1(6)7/h1-3,5,7-8,10H,4,6,9,11-13H2;2*(H,6,7). The summed E-state index contributed by atoms with van der Waals surface area (Å²) in [6.07, 6.45) is -2.20. The first-order valence-corrected chi connectivity index (χ1v) is 10.2. The van der Waals surface area contributed by atoms with Crippen molar-refractivity contribution in [2.24, 2.45) is 5.41 Å². The molecular formula is C21H21F6N3O6. The summed E-state index contributed by atoms with van der Waals surface area (Å²) in [6, 6.07) is 5.67. The minimum atomic E-state index is -5.08. The molecule has 2 aliphatic heterocycles. The molecule has 15 heteroatoms. The smallest absolute Gasteiger partial charge is 0.475 e. The van der Waals surface area contributed by atoms with Crippen molar-refractivity contribution in [3.05, 3.63) is 54.2 Å². The summed E-state index contributed by atoms with van der Waals surface area (Å²) in [7, 11) is 0. The summed E-state index contributed by atoms with van der Waals surface area (Å²) < 4.78 is 68.6. The van der Waals surface area contributed by atoms with Crippen LogP contribution in [0.4, 0.5) is 26.3 Å². The summed E-state index contributed by atoms with van der Waals surface area (Å²) in [5.41, 5.74) is 2.20. The van der Waals surface area contributed by atoms with Gasteiger partial charge in [-0.1, -0.05) is 0 Å². The van der Waals surface area contributed by atoms with Crippen LogP contribution in [0.3, 0.4) is 0 Å². The second kappa shape index (κ2) is 11.4. The van der Waals surface area contributed by atoms with Crippen molar-refractivity contribution >= 4 is 17.8 Å². The fraction of sp³-hybridized carbons (Fsp3) is 0.429. The fourth-order valence-corrected chi connectivity index (χ4v) is 3.69. The maximum absolute atomic E-state index is 12.5. The molecule has 2 fully saturated rings. The number of carboxylic acids is 2. The van der Waals surface area contributed by atoms with Crippen LogP contribution < -0.4 is 0 Å². The van der Waals surface area contributed by atoms with Gasteiger partial charge in [-0.15, -0.1) is 0 Å². The van der Waals surface area contributed by atoms with Crippen molar-refractivity contribution in [2.45, 2.75) is 25.3 Å². The first-order valence-electron chi connectivity index (χ1n) is 10.2. The van der Waals surface area contributed by atoms with Crippen LogP contribution in [0.25, 0.3) is 0 Å². The molecule has 0 aromatic carbocycles. The number of hydrogen-bond donors (Lipinski definition) is 2. The second-order valence-electron chi connectivity index (χ2n) is 8.10. The normalized spacial score (nSPS) is 16.8. The highest BCUT2D eigenvalue weighted by Crippen LogP contribution is 2.40. The number of carboxylic acid groups (broad SMARTS) is 2. The molecular weight excluding hydrogens is 504 g/mol. The number of rotatable bonds is 3. The van der Waals surface area contributed by atoms with Crippen LogP contribution in [0.15, 0.2) is 47.5 Å². The maximum atomic E-state index is 12.5. The fourth-order valence-electron chi connectivity index (χ4n) is 3.69. The third-order valence-corrected chi connectivity index (χ3v) is 5.22. The first-order chi connectivity index (χ1) is 16.6. The Morgan fingerprint density at radius 2 is 1.58 bits per heavy atom. The van der Waals surface area contributed by atoms with Gasteiger partial charge in [0.25, 0.3) is 5.91 Å². The van der Waals surface area contributed by atoms with E-state index < -0.39 is 24.3 Å². The Hall–Kier alpha value is -3.62. The Balaban J connectivity index is 0.000000271. The van der Waals surface area contributed by atoms with Crippen molar-refractivity contribution in [1.82, 2.24) is 14.8 Å². The molecule has 4 heterocycles. The number of hydrogen-bond acceptors (Lipinski definition) is 6. The minimum Gasteiger partial charge on any atom is -0.475 e. The highest BCUT2D eigenvalue weighted by molar-refractivity contribution is 5.94. The van der Waals surface area contributed by atoms with Crippen LogP contribution >= 0.6 is 0 Å². The lowest BCUT2D eigenvalue weighted by Crippen LogP contribution is -2.57. The molecule has 36 heavy (non-hydrogen) atoms. The van der Waals surface area contributed by atoms with Crippen LogP contribution in [-0.2, 0) is 16.1 Å². The van der Waals surface area contributed by atoms with Crippen LogP contribution in [0.5, 0.6) is 0 Å². The molecule has 0 saturated carbocycles. The third kappa shape index (κ3) is 8.25. The van der Waals surface area contributed by atoms with Crippen molar-refractivity contribution in [3.8, 4) is 0 Å². The van der Waals surface area contributed by atoms with Gasteiger partial charge in [-0.2, -0.15) is 26.3 Å². The van der Waals surface area contributed by atoms with E-state index in [4.69, 9.17) is 24.2 Å². The van der Waals surface area contributed by atoms with Gasteiger partial charge in [0.05, 0.1) is 18.1 Å². The number of likely N-dealkylation sites (tertiary alicyclic amines) is 2.